The van der Waals surface area contributed by atoms with E-state index in [1.165, 1.54) is 0 Å². The van der Waals surface area contributed by atoms with Gasteiger partial charge in [-0.1, -0.05) is 5.16 Å². The highest BCUT2D eigenvalue weighted by atomic mass is 19.4. The van der Waals surface area contributed by atoms with Crippen molar-refractivity contribution < 1.29 is 22.4 Å². The van der Waals surface area contributed by atoms with Gasteiger partial charge in [-0.15, -0.1) is 0 Å². The summed E-state index contributed by atoms with van der Waals surface area (Å²) in [7, 11) is 0. The summed E-state index contributed by atoms with van der Waals surface area (Å²) >= 11 is 0. The van der Waals surface area contributed by atoms with E-state index in [0.717, 1.165) is 11.9 Å². The van der Waals surface area contributed by atoms with Gasteiger partial charge in [-0.3, -0.25) is 4.79 Å². The summed E-state index contributed by atoms with van der Waals surface area (Å²) in [4.78, 5) is 22.0. The van der Waals surface area contributed by atoms with Crippen LogP contribution < -0.4 is 15.8 Å². The van der Waals surface area contributed by atoms with Crippen molar-refractivity contribution in [3.05, 3.63) is 57.9 Å². The molecular weight excluding hydrogens is 457 g/mol. The molecule has 14 heteroatoms. The minimum Gasteiger partial charge on any atom is -0.378 e. The average Bonchev–Trinajstić information content (AvgIpc) is 3.20. The number of H-pyrrole nitrogens is 1. The van der Waals surface area contributed by atoms with Crippen molar-refractivity contribution in [1.82, 2.24) is 25.3 Å². The smallest absolute Gasteiger partial charge is 0.378 e. The van der Waals surface area contributed by atoms with Gasteiger partial charge in [-0.2, -0.15) is 28.5 Å². The molecule has 0 amide bonds. The summed E-state index contributed by atoms with van der Waals surface area (Å²) in [5, 5.41) is 20.6. The topological polar surface area (TPSA) is 146 Å². The summed E-state index contributed by atoms with van der Waals surface area (Å²) in [6.45, 7) is 2.93. The quantitative estimate of drug-likeness (QED) is 0.495. The molecule has 3 aromatic heterocycles. The molecule has 0 bridgehead atoms. The zero-order valence-corrected chi connectivity index (χ0v) is 17.8. The predicted molar refractivity (Wildman–Crippen MR) is 111 cm³/mol. The van der Waals surface area contributed by atoms with Crippen molar-refractivity contribution >= 4 is 11.4 Å². The molecule has 34 heavy (non-hydrogen) atoms. The molecule has 178 valence electrons. The van der Waals surface area contributed by atoms with Crippen molar-refractivity contribution in [3.8, 4) is 6.07 Å². The molecule has 0 saturated carbocycles. The molecule has 1 saturated heterocycles. The zero-order valence-electron chi connectivity index (χ0n) is 17.8. The highest BCUT2D eigenvalue weighted by Gasteiger charge is 2.37. The van der Waals surface area contributed by atoms with Crippen LogP contribution in [0.15, 0.2) is 33.8 Å². The lowest BCUT2D eigenvalue weighted by Crippen LogP contribution is -2.45. The van der Waals surface area contributed by atoms with Crippen LogP contribution >= 0.6 is 0 Å². The molecule has 4 rings (SSSR count). The van der Waals surface area contributed by atoms with Gasteiger partial charge in [0.2, 0.25) is 0 Å². The molecule has 3 aromatic rings. The number of halogens is 3. The monoisotopic (exact) mass is 476 g/mol. The fourth-order valence-corrected chi connectivity index (χ4v) is 3.40. The second-order valence-electron chi connectivity index (χ2n) is 7.71. The number of aromatic nitrogens is 5. The van der Waals surface area contributed by atoms with Crippen molar-refractivity contribution in [2.75, 3.05) is 29.9 Å². The Balaban J connectivity index is 1.25. The zero-order chi connectivity index (χ0) is 24.3. The van der Waals surface area contributed by atoms with Gasteiger partial charge >= 0.3 is 6.18 Å². The number of rotatable bonds is 8. The van der Waals surface area contributed by atoms with E-state index in [4.69, 9.17) is 14.5 Å². The second kappa shape index (κ2) is 9.48. The van der Waals surface area contributed by atoms with Crippen LogP contribution in [-0.4, -0.2) is 51.1 Å². The maximum atomic E-state index is 13.1. The summed E-state index contributed by atoms with van der Waals surface area (Å²) < 4.78 is 50.0. The molecule has 2 N–H and O–H groups in total. The molecule has 1 unspecified atom stereocenters. The molecule has 0 spiro atoms. The van der Waals surface area contributed by atoms with Gasteiger partial charge in [0.25, 0.3) is 11.4 Å². The highest BCUT2D eigenvalue weighted by Crippen LogP contribution is 2.32. The number of nitrogens with zero attached hydrogens (tertiary/aromatic N) is 6. The van der Waals surface area contributed by atoms with E-state index in [0.29, 0.717) is 24.6 Å². The number of anilines is 2. The van der Waals surface area contributed by atoms with Crippen LogP contribution in [0.3, 0.4) is 0 Å². The van der Waals surface area contributed by atoms with E-state index in [1.54, 1.807) is 24.3 Å². The third kappa shape index (κ3) is 5.15. The molecule has 4 heterocycles. The first-order valence-electron chi connectivity index (χ1n) is 10.2. The van der Waals surface area contributed by atoms with Crippen LogP contribution in [0.1, 0.15) is 35.8 Å². The summed E-state index contributed by atoms with van der Waals surface area (Å²) in [6.07, 6.45) is -2.28. The molecule has 0 aromatic carbocycles. The van der Waals surface area contributed by atoms with E-state index in [9.17, 15) is 18.0 Å². The lowest BCUT2D eigenvalue weighted by Gasteiger charge is -2.39. The van der Waals surface area contributed by atoms with Crippen LogP contribution in [0.4, 0.5) is 24.5 Å². The van der Waals surface area contributed by atoms with Crippen LogP contribution in [0, 0.1) is 11.3 Å². The predicted octanol–water partition coefficient (Wildman–Crippen LogP) is 2.06. The van der Waals surface area contributed by atoms with E-state index in [1.807, 2.05) is 12.1 Å². The lowest BCUT2D eigenvalue weighted by molar-refractivity contribution is -0.138. The van der Waals surface area contributed by atoms with E-state index >= 15 is 0 Å². The molecule has 1 atom stereocenters. The number of nitriles is 1. The average molecular weight is 476 g/mol. The Kier molecular flexibility index (Phi) is 6.46. The van der Waals surface area contributed by atoms with E-state index in [2.05, 4.69) is 30.4 Å². The molecule has 11 nitrogen and oxygen atoms in total. The van der Waals surface area contributed by atoms with Gasteiger partial charge in [-0.05, 0) is 19.1 Å². The minimum atomic E-state index is -4.83. The number of hydrogen-bond acceptors (Lipinski definition) is 10. The Hall–Kier alpha value is -3.99. The van der Waals surface area contributed by atoms with Crippen LogP contribution in [0.2, 0.25) is 0 Å². The second-order valence-corrected chi connectivity index (χ2v) is 7.71. The van der Waals surface area contributed by atoms with Gasteiger partial charge in [0.05, 0.1) is 36.3 Å². The number of ether oxygens (including phenoxy) is 1. The summed E-state index contributed by atoms with van der Waals surface area (Å²) in [5.74, 6) is 0.847. The van der Waals surface area contributed by atoms with Gasteiger partial charge in [0.1, 0.15) is 23.9 Å². The Morgan fingerprint density at radius 2 is 2.18 bits per heavy atom. The van der Waals surface area contributed by atoms with E-state index < -0.39 is 29.0 Å². The number of pyridine rings is 1. The Bertz CT molecular complexity index is 1230. The highest BCUT2D eigenvalue weighted by molar-refractivity contribution is 5.50. The molecule has 0 radical (unpaired) electrons. The Morgan fingerprint density at radius 1 is 1.38 bits per heavy atom. The maximum Gasteiger partial charge on any atom is 0.423 e. The van der Waals surface area contributed by atoms with Crippen molar-refractivity contribution in [3.63, 3.8) is 0 Å². The molecule has 0 aliphatic carbocycles. The van der Waals surface area contributed by atoms with Crippen molar-refractivity contribution in [2.45, 2.75) is 31.7 Å². The third-order valence-electron chi connectivity index (χ3n) is 5.09. The third-order valence-corrected chi connectivity index (χ3v) is 5.09. The van der Waals surface area contributed by atoms with Crippen molar-refractivity contribution in [1.29, 1.82) is 5.26 Å². The lowest BCUT2D eigenvalue weighted by atomic mass is 9.99. The molecule has 1 aliphatic rings. The largest absolute Gasteiger partial charge is 0.423 e. The Labute approximate surface area is 190 Å². The van der Waals surface area contributed by atoms with Gasteiger partial charge in [0.15, 0.2) is 5.82 Å². The number of aromatic amines is 1. The SMILES string of the molecule is CC(COCc1nc(C2CN(c3ccc(C#N)nc3)C2)no1)Nc1cn[nH]c(=O)c1C(F)(F)F. The van der Waals surface area contributed by atoms with Gasteiger partial charge in [-0.25, -0.2) is 10.1 Å². The molecule has 1 aliphatic heterocycles. The van der Waals surface area contributed by atoms with E-state index in [-0.39, 0.29) is 25.0 Å². The standard InChI is InChI=1S/C20H19F3N8O3/c1-11(27-15-6-26-29-19(32)17(15)20(21,22)23)9-33-10-16-28-18(30-34-16)12-7-31(8-12)14-3-2-13(4-24)25-5-14/h2-3,5-6,11-12H,7-10H2,1H3,(H2,27,29,32). The number of alkyl halides is 3. The van der Waals surface area contributed by atoms with Gasteiger partial charge in [0, 0.05) is 19.1 Å². The summed E-state index contributed by atoms with van der Waals surface area (Å²) in [5.41, 5.74) is -1.85. The first kappa shape index (κ1) is 23.2. The van der Waals surface area contributed by atoms with Crippen molar-refractivity contribution in [2.24, 2.45) is 0 Å². The first-order chi connectivity index (χ1) is 16.2. The van der Waals surface area contributed by atoms with Gasteiger partial charge < -0.3 is 19.5 Å². The number of nitrogens with one attached hydrogen (secondary N) is 2. The normalized spacial score (nSPS) is 15.0. The van der Waals surface area contributed by atoms with Crippen LogP contribution in [0.25, 0.3) is 0 Å². The fraction of sp³-hybridized carbons (Fsp3) is 0.400. The molecule has 1 fully saturated rings. The molecular formula is C20H19F3N8O3. The fourth-order valence-electron chi connectivity index (χ4n) is 3.40. The number of hydrogen-bond donors (Lipinski definition) is 2. The summed E-state index contributed by atoms with van der Waals surface area (Å²) in [6, 6.07) is 4.89. The maximum absolute atomic E-state index is 13.1. The first-order valence-corrected chi connectivity index (χ1v) is 10.2. The Morgan fingerprint density at radius 3 is 2.85 bits per heavy atom. The van der Waals surface area contributed by atoms with Crippen LogP contribution in [-0.2, 0) is 17.5 Å². The minimum absolute atomic E-state index is 0.0186. The van der Waals surface area contributed by atoms with Crippen LogP contribution in [0.5, 0.6) is 0 Å².